The number of sulfonamides is 1. The highest BCUT2D eigenvalue weighted by Gasteiger charge is 2.18. The second-order valence-corrected chi connectivity index (χ2v) is 8.32. The zero-order valence-electron chi connectivity index (χ0n) is 15.3. The van der Waals surface area contributed by atoms with Gasteiger partial charge in [-0.3, -0.25) is 0 Å². The first-order chi connectivity index (χ1) is 11.9. The normalized spacial score (nSPS) is 13.1. The summed E-state index contributed by atoms with van der Waals surface area (Å²) in [5, 5.41) is 0. The predicted octanol–water partition coefficient (Wildman–Crippen LogP) is 3.09. The van der Waals surface area contributed by atoms with Crippen molar-refractivity contribution in [3.63, 3.8) is 0 Å². The van der Waals surface area contributed by atoms with Gasteiger partial charge in [-0.25, -0.2) is 13.1 Å². The van der Waals surface area contributed by atoms with Gasteiger partial charge < -0.3 is 4.90 Å². The molecule has 0 aliphatic heterocycles. The third kappa shape index (κ3) is 5.96. The SMILES string of the molecule is CCCc1ccc(S(=O)(=O)NCC(Cc2ccccc2)N(C)C)cc1. The zero-order chi connectivity index (χ0) is 18.3. The van der Waals surface area contributed by atoms with Crippen LogP contribution in [-0.4, -0.2) is 40.0 Å². The molecule has 0 saturated carbocycles. The minimum atomic E-state index is -3.49. The van der Waals surface area contributed by atoms with E-state index in [4.69, 9.17) is 0 Å². The summed E-state index contributed by atoms with van der Waals surface area (Å²) in [4.78, 5) is 2.38. The molecule has 0 spiro atoms. The maximum atomic E-state index is 12.6. The summed E-state index contributed by atoms with van der Waals surface area (Å²) in [6.45, 7) is 2.49. The van der Waals surface area contributed by atoms with Crippen molar-refractivity contribution in [2.45, 2.75) is 37.1 Å². The van der Waals surface area contributed by atoms with Crippen LogP contribution in [-0.2, 0) is 22.9 Å². The van der Waals surface area contributed by atoms with Gasteiger partial charge in [0.15, 0.2) is 0 Å². The Balaban J connectivity index is 2.02. The third-order valence-electron chi connectivity index (χ3n) is 4.33. The van der Waals surface area contributed by atoms with Gasteiger partial charge in [-0.1, -0.05) is 55.8 Å². The van der Waals surface area contributed by atoms with E-state index in [0.717, 1.165) is 24.8 Å². The molecular formula is C20H28N2O2S. The van der Waals surface area contributed by atoms with Crippen LogP contribution in [0.4, 0.5) is 0 Å². The average Bonchev–Trinajstić information content (AvgIpc) is 2.60. The number of rotatable bonds is 9. The minimum Gasteiger partial charge on any atom is -0.305 e. The molecule has 1 unspecified atom stereocenters. The molecule has 1 atom stereocenters. The maximum absolute atomic E-state index is 12.6. The van der Waals surface area contributed by atoms with E-state index in [1.165, 1.54) is 5.56 Å². The van der Waals surface area contributed by atoms with E-state index in [9.17, 15) is 8.42 Å². The van der Waals surface area contributed by atoms with Crippen molar-refractivity contribution in [3.8, 4) is 0 Å². The van der Waals surface area contributed by atoms with Crippen LogP contribution < -0.4 is 4.72 Å². The summed E-state index contributed by atoms with van der Waals surface area (Å²) in [6.07, 6.45) is 2.81. The number of nitrogens with zero attached hydrogens (tertiary/aromatic N) is 1. The number of hydrogen-bond acceptors (Lipinski definition) is 3. The predicted molar refractivity (Wildman–Crippen MR) is 103 cm³/mol. The van der Waals surface area contributed by atoms with Gasteiger partial charge in [0.05, 0.1) is 4.90 Å². The van der Waals surface area contributed by atoms with E-state index >= 15 is 0 Å². The summed E-state index contributed by atoms with van der Waals surface area (Å²) in [5.41, 5.74) is 2.36. The molecule has 0 heterocycles. The lowest BCUT2D eigenvalue weighted by molar-refractivity contribution is 0.291. The Kier molecular flexibility index (Phi) is 7.17. The maximum Gasteiger partial charge on any atom is 0.240 e. The molecule has 0 aliphatic rings. The van der Waals surface area contributed by atoms with Crippen molar-refractivity contribution in [2.24, 2.45) is 0 Å². The molecule has 0 amide bonds. The van der Waals surface area contributed by atoms with Gasteiger partial charge in [0.25, 0.3) is 0 Å². The molecule has 136 valence electrons. The van der Waals surface area contributed by atoms with Crippen LogP contribution in [0.2, 0.25) is 0 Å². The zero-order valence-corrected chi connectivity index (χ0v) is 16.1. The number of benzene rings is 2. The topological polar surface area (TPSA) is 49.4 Å². The average molecular weight is 361 g/mol. The highest BCUT2D eigenvalue weighted by molar-refractivity contribution is 7.89. The van der Waals surface area contributed by atoms with Crippen LogP contribution in [0.3, 0.4) is 0 Å². The van der Waals surface area contributed by atoms with Crippen molar-refractivity contribution in [3.05, 3.63) is 65.7 Å². The van der Waals surface area contributed by atoms with Gasteiger partial charge in [-0.15, -0.1) is 0 Å². The molecule has 2 aromatic carbocycles. The molecule has 0 fully saturated rings. The number of hydrogen-bond donors (Lipinski definition) is 1. The molecule has 0 radical (unpaired) electrons. The van der Waals surface area contributed by atoms with Crippen LogP contribution in [0.1, 0.15) is 24.5 Å². The first-order valence-electron chi connectivity index (χ1n) is 8.71. The van der Waals surface area contributed by atoms with Gasteiger partial charge in [0, 0.05) is 12.6 Å². The fraction of sp³-hybridized carbons (Fsp3) is 0.400. The summed E-state index contributed by atoms with van der Waals surface area (Å²) in [7, 11) is 0.458. The Hall–Kier alpha value is -1.69. The lowest BCUT2D eigenvalue weighted by Crippen LogP contribution is -2.41. The monoisotopic (exact) mass is 360 g/mol. The van der Waals surface area contributed by atoms with Crippen molar-refractivity contribution in [2.75, 3.05) is 20.6 Å². The van der Waals surface area contributed by atoms with E-state index in [-0.39, 0.29) is 6.04 Å². The Bertz CT molecular complexity index is 741. The fourth-order valence-corrected chi connectivity index (χ4v) is 3.81. The number of aryl methyl sites for hydroxylation is 1. The number of likely N-dealkylation sites (N-methyl/N-ethyl adjacent to an activating group) is 1. The Morgan fingerprint density at radius 2 is 1.60 bits per heavy atom. The molecule has 0 aromatic heterocycles. The van der Waals surface area contributed by atoms with Gasteiger partial charge in [-0.05, 0) is 50.2 Å². The van der Waals surface area contributed by atoms with Gasteiger partial charge in [-0.2, -0.15) is 0 Å². The van der Waals surface area contributed by atoms with Crippen molar-refractivity contribution in [1.82, 2.24) is 9.62 Å². The molecule has 0 aliphatic carbocycles. The smallest absolute Gasteiger partial charge is 0.240 e. The fourth-order valence-electron chi connectivity index (χ4n) is 2.74. The molecule has 0 saturated heterocycles. The van der Waals surface area contributed by atoms with Gasteiger partial charge in [0.2, 0.25) is 10.0 Å². The van der Waals surface area contributed by atoms with Crippen LogP contribution in [0.15, 0.2) is 59.5 Å². The van der Waals surface area contributed by atoms with E-state index < -0.39 is 10.0 Å². The van der Waals surface area contributed by atoms with Crippen LogP contribution >= 0.6 is 0 Å². The lowest BCUT2D eigenvalue weighted by Gasteiger charge is -2.24. The van der Waals surface area contributed by atoms with Crippen molar-refractivity contribution < 1.29 is 8.42 Å². The Morgan fingerprint density at radius 3 is 2.16 bits per heavy atom. The highest BCUT2D eigenvalue weighted by Crippen LogP contribution is 2.13. The van der Waals surface area contributed by atoms with Gasteiger partial charge >= 0.3 is 0 Å². The lowest BCUT2D eigenvalue weighted by atomic mass is 10.1. The van der Waals surface area contributed by atoms with Crippen LogP contribution in [0, 0.1) is 0 Å². The highest BCUT2D eigenvalue weighted by atomic mass is 32.2. The van der Waals surface area contributed by atoms with Crippen LogP contribution in [0.25, 0.3) is 0 Å². The Labute approximate surface area is 151 Å². The second-order valence-electron chi connectivity index (χ2n) is 6.55. The molecule has 25 heavy (non-hydrogen) atoms. The molecule has 0 bridgehead atoms. The molecule has 2 rings (SSSR count). The van der Waals surface area contributed by atoms with Crippen molar-refractivity contribution in [1.29, 1.82) is 0 Å². The third-order valence-corrected chi connectivity index (χ3v) is 5.77. The molecule has 2 aromatic rings. The van der Waals surface area contributed by atoms with E-state index in [2.05, 4.69) is 28.7 Å². The van der Waals surface area contributed by atoms with Gasteiger partial charge in [0.1, 0.15) is 0 Å². The van der Waals surface area contributed by atoms with Crippen molar-refractivity contribution >= 4 is 10.0 Å². The summed E-state index contributed by atoms with van der Waals surface area (Å²) in [5.74, 6) is 0. The summed E-state index contributed by atoms with van der Waals surface area (Å²) < 4.78 is 27.9. The quantitative estimate of drug-likeness (QED) is 0.748. The van der Waals surface area contributed by atoms with E-state index in [1.54, 1.807) is 12.1 Å². The number of nitrogens with one attached hydrogen (secondary N) is 1. The molecule has 5 heteroatoms. The Morgan fingerprint density at radius 1 is 0.960 bits per heavy atom. The summed E-state index contributed by atoms with van der Waals surface area (Å²) in [6, 6.07) is 17.4. The van der Waals surface area contributed by atoms with Crippen LogP contribution in [0.5, 0.6) is 0 Å². The standard InChI is InChI=1S/C20H28N2O2S/c1-4-8-17-11-13-20(14-12-17)25(23,24)21-16-19(22(2)3)15-18-9-6-5-7-10-18/h5-7,9-14,19,21H,4,8,15-16H2,1-3H3. The second kappa shape index (κ2) is 9.13. The molecule has 4 nitrogen and oxygen atoms in total. The largest absolute Gasteiger partial charge is 0.305 e. The first-order valence-corrected chi connectivity index (χ1v) is 10.2. The summed E-state index contributed by atoms with van der Waals surface area (Å²) >= 11 is 0. The molecular weight excluding hydrogens is 332 g/mol. The first kappa shape index (κ1) is 19.6. The molecule has 1 N–H and O–H groups in total. The van der Waals surface area contributed by atoms with E-state index in [0.29, 0.717) is 11.4 Å². The van der Waals surface area contributed by atoms with E-state index in [1.807, 2.05) is 44.4 Å². The minimum absolute atomic E-state index is 0.0940.